The van der Waals surface area contributed by atoms with Crippen LogP contribution in [0.5, 0.6) is 0 Å². The number of pyridine rings is 1. The maximum Gasteiger partial charge on any atom is 0.253 e. The van der Waals surface area contributed by atoms with Crippen molar-refractivity contribution in [1.29, 1.82) is 0 Å². The van der Waals surface area contributed by atoms with E-state index < -0.39 is 0 Å². The van der Waals surface area contributed by atoms with Crippen LogP contribution in [0.25, 0.3) is 0 Å². The van der Waals surface area contributed by atoms with Gasteiger partial charge < -0.3 is 10.2 Å². The van der Waals surface area contributed by atoms with Crippen LogP contribution >= 0.6 is 0 Å². The summed E-state index contributed by atoms with van der Waals surface area (Å²) in [6, 6.07) is 13.9. The third-order valence-corrected chi connectivity index (χ3v) is 3.86. The second-order valence-electron chi connectivity index (χ2n) is 5.79. The first-order valence-corrected chi connectivity index (χ1v) is 8.14. The number of anilines is 1. The van der Waals surface area contributed by atoms with Crippen LogP contribution in [0, 0.1) is 0 Å². The van der Waals surface area contributed by atoms with E-state index in [0.717, 1.165) is 25.2 Å². The largest absolute Gasteiger partial charge is 0.364 e. The Morgan fingerprint density at radius 1 is 1.26 bits per heavy atom. The normalized spacial score (nSPS) is 11.8. The molecule has 4 heteroatoms. The van der Waals surface area contributed by atoms with E-state index in [1.54, 1.807) is 17.2 Å². The number of carbonyl (C=O) groups excluding carboxylic acids is 1. The molecule has 0 radical (unpaired) electrons. The summed E-state index contributed by atoms with van der Waals surface area (Å²) in [5.74, 6) is 0.757. The molecule has 0 spiro atoms. The number of aromatic nitrogens is 1. The highest BCUT2D eigenvalue weighted by Crippen LogP contribution is 2.18. The van der Waals surface area contributed by atoms with Crippen LogP contribution in [0.15, 0.2) is 48.7 Å². The van der Waals surface area contributed by atoms with Crippen molar-refractivity contribution in [2.75, 3.05) is 18.9 Å². The Morgan fingerprint density at radius 3 is 2.70 bits per heavy atom. The van der Waals surface area contributed by atoms with Crippen molar-refractivity contribution < 1.29 is 4.79 Å². The maximum atomic E-state index is 12.4. The summed E-state index contributed by atoms with van der Waals surface area (Å²) in [6.45, 7) is 4.98. The Morgan fingerprint density at radius 2 is 2.00 bits per heavy atom. The van der Waals surface area contributed by atoms with Gasteiger partial charge in [-0.1, -0.05) is 43.7 Å². The van der Waals surface area contributed by atoms with Crippen LogP contribution in [0.4, 0.5) is 5.82 Å². The lowest BCUT2D eigenvalue weighted by Crippen LogP contribution is -2.27. The van der Waals surface area contributed by atoms with Crippen molar-refractivity contribution in [3.8, 4) is 0 Å². The number of hydrogen-bond donors (Lipinski definition) is 1. The van der Waals surface area contributed by atoms with Crippen molar-refractivity contribution >= 4 is 11.7 Å². The minimum Gasteiger partial charge on any atom is -0.364 e. The smallest absolute Gasteiger partial charge is 0.253 e. The number of nitrogens with one attached hydrogen (secondary N) is 1. The molecule has 1 amide bonds. The van der Waals surface area contributed by atoms with Crippen LogP contribution in [-0.2, 0) is 0 Å². The van der Waals surface area contributed by atoms with E-state index in [4.69, 9.17) is 0 Å². The van der Waals surface area contributed by atoms with E-state index in [0.29, 0.717) is 5.56 Å². The van der Waals surface area contributed by atoms with Gasteiger partial charge in [-0.25, -0.2) is 4.98 Å². The van der Waals surface area contributed by atoms with E-state index >= 15 is 0 Å². The van der Waals surface area contributed by atoms with Gasteiger partial charge in [0.25, 0.3) is 5.91 Å². The molecule has 1 atom stereocenters. The zero-order valence-corrected chi connectivity index (χ0v) is 14.1. The first kappa shape index (κ1) is 17.0. The molecule has 0 fully saturated rings. The van der Waals surface area contributed by atoms with Crippen LogP contribution < -0.4 is 5.32 Å². The summed E-state index contributed by atoms with van der Waals surface area (Å²) in [4.78, 5) is 18.5. The van der Waals surface area contributed by atoms with Gasteiger partial charge in [0, 0.05) is 31.4 Å². The third-order valence-electron chi connectivity index (χ3n) is 3.86. The zero-order chi connectivity index (χ0) is 16.7. The summed E-state index contributed by atoms with van der Waals surface area (Å²) < 4.78 is 0. The number of amides is 1. The molecule has 0 bridgehead atoms. The maximum absolute atomic E-state index is 12.4. The Balaban J connectivity index is 2.06. The van der Waals surface area contributed by atoms with Gasteiger partial charge in [-0.2, -0.15) is 0 Å². The molecule has 0 aliphatic rings. The SMILES string of the molecule is CCCCN(C)C(=O)c1ccnc(NC(C)c2ccccc2)c1. The minimum absolute atomic E-state index is 0.0382. The van der Waals surface area contributed by atoms with E-state index in [1.165, 1.54) is 5.56 Å². The highest BCUT2D eigenvalue weighted by atomic mass is 16.2. The average Bonchev–Trinajstić information content (AvgIpc) is 2.60. The van der Waals surface area contributed by atoms with Crippen LogP contribution in [0.2, 0.25) is 0 Å². The van der Waals surface area contributed by atoms with Crippen LogP contribution in [0.1, 0.15) is 48.7 Å². The van der Waals surface area contributed by atoms with Crippen molar-refractivity contribution in [1.82, 2.24) is 9.88 Å². The van der Waals surface area contributed by atoms with Gasteiger partial charge in [-0.3, -0.25) is 4.79 Å². The highest BCUT2D eigenvalue weighted by Gasteiger charge is 2.13. The van der Waals surface area contributed by atoms with Crippen LogP contribution in [0.3, 0.4) is 0 Å². The molecule has 1 aromatic heterocycles. The molecule has 4 nitrogen and oxygen atoms in total. The van der Waals surface area contributed by atoms with Crippen molar-refractivity contribution in [2.45, 2.75) is 32.7 Å². The van der Waals surface area contributed by atoms with Gasteiger partial charge in [-0.05, 0) is 31.0 Å². The summed E-state index contributed by atoms with van der Waals surface area (Å²) in [6.07, 6.45) is 3.78. The standard InChI is InChI=1S/C19H25N3O/c1-4-5-13-22(3)19(23)17-11-12-20-18(14-17)21-15(2)16-9-7-6-8-10-16/h6-12,14-15H,4-5,13H2,1-3H3,(H,20,21). The van der Waals surface area contributed by atoms with E-state index in [-0.39, 0.29) is 11.9 Å². The lowest BCUT2D eigenvalue weighted by Gasteiger charge is -2.18. The fraction of sp³-hybridized carbons (Fsp3) is 0.368. The molecule has 1 N–H and O–H groups in total. The number of carbonyl (C=O) groups is 1. The molecule has 0 aliphatic carbocycles. The quantitative estimate of drug-likeness (QED) is 0.836. The van der Waals surface area contributed by atoms with Gasteiger partial charge in [0.1, 0.15) is 5.82 Å². The predicted molar refractivity (Wildman–Crippen MR) is 94.6 cm³/mol. The summed E-state index contributed by atoms with van der Waals surface area (Å²) in [5.41, 5.74) is 1.85. The number of hydrogen-bond acceptors (Lipinski definition) is 3. The predicted octanol–water partition coefficient (Wildman–Crippen LogP) is 4.13. The van der Waals surface area contributed by atoms with Gasteiger partial charge >= 0.3 is 0 Å². The van der Waals surface area contributed by atoms with Gasteiger partial charge in [0.2, 0.25) is 0 Å². The molecule has 1 heterocycles. The zero-order valence-electron chi connectivity index (χ0n) is 14.1. The highest BCUT2D eigenvalue weighted by molar-refractivity contribution is 5.94. The summed E-state index contributed by atoms with van der Waals surface area (Å²) in [7, 11) is 1.85. The van der Waals surface area contributed by atoms with Crippen LogP contribution in [-0.4, -0.2) is 29.4 Å². The molecule has 0 saturated carbocycles. The topological polar surface area (TPSA) is 45.2 Å². The Hall–Kier alpha value is -2.36. The average molecular weight is 311 g/mol. The number of nitrogens with zero attached hydrogens (tertiary/aromatic N) is 2. The molecule has 1 unspecified atom stereocenters. The minimum atomic E-state index is 0.0382. The Bertz CT molecular complexity index is 628. The molecule has 2 rings (SSSR count). The molecule has 23 heavy (non-hydrogen) atoms. The fourth-order valence-corrected chi connectivity index (χ4v) is 2.41. The van der Waals surface area contributed by atoms with Crippen molar-refractivity contribution in [3.63, 3.8) is 0 Å². The lowest BCUT2D eigenvalue weighted by molar-refractivity contribution is 0.0793. The Kier molecular flexibility index (Phi) is 6.15. The first-order chi connectivity index (χ1) is 11.1. The molecule has 0 aliphatic heterocycles. The number of unbranched alkanes of at least 4 members (excludes halogenated alkanes) is 1. The second kappa shape index (κ2) is 8.32. The lowest BCUT2D eigenvalue weighted by atomic mass is 10.1. The van der Waals surface area contributed by atoms with E-state index in [9.17, 15) is 4.79 Å². The Labute approximate surface area is 138 Å². The molecule has 0 saturated heterocycles. The van der Waals surface area contributed by atoms with Crippen molar-refractivity contribution in [2.24, 2.45) is 0 Å². The fourth-order valence-electron chi connectivity index (χ4n) is 2.41. The molecule has 2 aromatic rings. The molecule has 122 valence electrons. The third kappa shape index (κ3) is 4.81. The van der Waals surface area contributed by atoms with E-state index in [2.05, 4.69) is 36.3 Å². The molecular weight excluding hydrogens is 286 g/mol. The van der Waals surface area contributed by atoms with Gasteiger partial charge in [-0.15, -0.1) is 0 Å². The van der Waals surface area contributed by atoms with Gasteiger partial charge in [0.05, 0.1) is 0 Å². The van der Waals surface area contributed by atoms with E-state index in [1.807, 2.05) is 31.3 Å². The molecular formula is C19H25N3O. The number of rotatable bonds is 7. The summed E-state index contributed by atoms with van der Waals surface area (Å²) >= 11 is 0. The second-order valence-corrected chi connectivity index (χ2v) is 5.79. The van der Waals surface area contributed by atoms with Crippen molar-refractivity contribution in [3.05, 3.63) is 59.8 Å². The first-order valence-electron chi connectivity index (χ1n) is 8.14. The summed E-state index contributed by atoms with van der Waals surface area (Å²) in [5, 5.41) is 3.35. The van der Waals surface area contributed by atoms with Gasteiger partial charge in [0.15, 0.2) is 0 Å². The monoisotopic (exact) mass is 311 g/mol. The number of benzene rings is 1. The molecule has 1 aromatic carbocycles.